The van der Waals surface area contributed by atoms with Gasteiger partial charge in [-0.15, -0.1) is 0 Å². The largest absolute Gasteiger partial charge is 0.459 e. The number of rotatable bonds is 4. The molecule has 1 aliphatic heterocycles. The first-order valence-corrected chi connectivity index (χ1v) is 9.10. The van der Waals surface area contributed by atoms with Crippen molar-refractivity contribution in [2.24, 2.45) is 0 Å². The van der Waals surface area contributed by atoms with E-state index in [-0.39, 0.29) is 23.6 Å². The van der Waals surface area contributed by atoms with Crippen LogP contribution in [0, 0.1) is 12.7 Å². The topological polar surface area (TPSA) is 72.4 Å². The molecule has 128 valence electrons. The van der Waals surface area contributed by atoms with Crippen molar-refractivity contribution in [3.8, 4) is 6.01 Å². The highest BCUT2D eigenvalue weighted by Crippen LogP contribution is 2.22. The van der Waals surface area contributed by atoms with Crippen molar-refractivity contribution in [1.29, 1.82) is 0 Å². The lowest BCUT2D eigenvalue weighted by atomic mass is 10.1. The van der Waals surface area contributed by atoms with E-state index < -0.39 is 15.8 Å². The molecule has 24 heavy (non-hydrogen) atoms. The van der Waals surface area contributed by atoms with Gasteiger partial charge in [0.05, 0.1) is 23.8 Å². The molecule has 0 saturated carbocycles. The summed E-state index contributed by atoms with van der Waals surface area (Å²) in [5, 5.41) is 0. The van der Waals surface area contributed by atoms with Gasteiger partial charge in [-0.3, -0.25) is 0 Å². The summed E-state index contributed by atoms with van der Waals surface area (Å²) in [5.41, 5.74) is 1.00. The van der Waals surface area contributed by atoms with Crippen LogP contribution in [0.1, 0.15) is 18.4 Å². The molecule has 0 spiro atoms. The molecule has 1 aliphatic rings. The first-order chi connectivity index (χ1) is 11.4. The van der Waals surface area contributed by atoms with Gasteiger partial charge in [-0.1, -0.05) is 17.7 Å². The van der Waals surface area contributed by atoms with Crippen LogP contribution in [0.25, 0.3) is 0 Å². The lowest BCUT2D eigenvalue weighted by molar-refractivity contribution is 0.119. The van der Waals surface area contributed by atoms with Crippen molar-refractivity contribution in [3.63, 3.8) is 0 Å². The number of aryl methyl sites for hydroxylation is 1. The molecule has 0 amide bonds. The molecule has 1 saturated heterocycles. The Hall–Kier alpha value is -2.06. The van der Waals surface area contributed by atoms with E-state index in [1.54, 1.807) is 24.3 Å². The molecule has 0 bridgehead atoms. The third-order valence-corrected chi connectivity index (χ3v) is 5.75. The number of hydrogen-bond donors (Lipinski definition) is 0. The predicted octanol–water partition coefficient (Wildman–Crippen LogP) is 2.16. The summed E-state index contributed by atoms with van der Waals surface area (Å²) in [7, 11) is -3.56. The molecule has 3 rings (SSSR count). The van der Waals surface area contributed by atoms with Gasteiger partial charge in [0.2, 0.25) is 10.0 Å². The number of aromatic nitrogens is 2. The third-order valence-electron chi connectivity index (χ3n) is 3.87. The fourth-order valence-electron chi connectivity index (χ4n) is 2.59. The highest BCUT2D eigenvalue weighted by molar-refractivity contribution is 7.89. The van der Waals surface area contributed by atoms with E-state index >= 15 is 0 Å². The second-order valence-electron chi connectivity index (χ2n) is 5.74. The minimum Gasteiger partial charge on any atom is -0.459 e. The highest BCUT2D eigenvalue weighted by atomic mass is 32.2. The zero-order valence-electron chi connectivity index (χ0n) is 13.2. The van der Waals surface area contributed by atoms with Crippen LogP contribution in [0.15, 0.2) is 41.6 Å². The average Bonchev–Trinajstić information content (AvgIpc) is 2.58. The zero-order chi connectivity index (χ0) is 17.2. The van der Waals surface area contributed by atoms with Crippen molar-refractivity contribution in [2.75, 3.05) is 13.1 Å². The van der Waals surface area contributed by atoms with E-state index in [1.165, 1.54) is 4.31 Å². The van der Waals surface area contributed by atoms with Crippen LogP contribution < -0.4 is 4.74 Å². The zero-order valence-corrected chi connectivity index (χ0v) is 14.0. The van der Waals surface area contributed by atoms with E-state index in [9.17, 15) is 12.8 Å². The Kier molecular flexibility index (Phi) is 4.77. The van der Waals surface area contributed by atoms with E-state index in [4.69, 9.17) is 4.74 Å². The van der Waals surface area contributed by atoms with Gasteiger partial charge in [-0.05, 0) is 31.9 Å². The summed E-state index contributed by atoms with van der Waals surface area (Å²) < 4.78 is 45.3. The van der Waals surface area contributed by atoms with E-state index in [1.807, 2.05) is 6.92 Å². The Bertz CT molecular complexity index is 794. The number of benzene rings is 1. The standard InChI is InChI=1S/C16H18FN3O3S/c1-12-4-6-15(7-5-12)24(21,22)20-8-2-3-14(11-20)23-16-18-9-13(17)10-19-16/h4-7,9-10,14H,2-3,8,11H2,1H3. The van der Waals surface area contributed by atoms with Gasteiger partial charge in [0.25, 0.3) is 0 Å². The number of ether oxygens (including phenoxy) is 1. The van der Waals surface area contributed by atoms with Crippen molar-refractivity contribution < 1.29 is 17.5 Å². The van der Waals surface area contributed by atoms with Crippen molar-refractivity contribution in [3.05, 3.63) is 48.0 Å². The summed E-state index contributed by atoms with van der Waals surface area (Å²) in [6.07, 6.45) is 3.06. The average molecular weight is 351 g/mol. The number of halogens is 1. The quantitative estimate of drug-likeness (QED) is 0.844. The second kappa shape index (κ2) is 6.82. The molecule has 0 N–H and O–H groups in total. The number of nitrogens with zero attached hydrogens (tertiary/aromatic N) is 3. The molecule has 0 radical (unpaired) electrons. The second-order valence-corrected chi connectivity index (χ2v) is 7.68. The predicted molar refractivity (Wildman–Crippen MR) is 85.6 cm³/mol. The van der Waals surface area contributed by atoms with Gasteiger partial charge in [-0.25, -0.2) is 22.8 Å². The molecule has 1 unspecified atom stereocenters. The maximum Gasteiger partial charge on any atom is 0.316 e. The fourth-order valence-corrected chi connectivity index (χ4v) is 4.10. The van der Waals surface area contributed by atoms with Gasteiger partial charge >= 0.3 is 6.01 Å². The summed E-state index contributed by atoms with van der Waals surface area (Å²) in [6.45, 7) is 2.57. The minimum atomic E-state index is -3.56. The maximum atomic E-state index is 12.8. The summed E-state index contributed by atoms with van der Waals surface area (Å²) in [4.78, 5) is 7.77. The van der Waals surface area contributed by atoms with Gasteiger partial charge in [0.1, 0.15) is 6.10 Å². The smallest absolute Gasteiger partial charge is 0.316 e. The molecule has 6 nitrogen and oxygen atoms in total. The van der Waals surface area contributed by atoms with Crippen LogP contribution in [-0.4, -0.2) is 41.9 Å². The molecule has 0 aliphatic carbocycles. The van der Waals surface area contributed by atoms with Crippen LogP contribution in [0.4, 0.5) is 4.39 Å². The lowest BCUT2D eigenvalue weighted by Gasteiger charge is -2.31. The number of piperidine rings is 1. The number of sulfonamides is 1. The lowest BCUT2D eigenvalue weighted by Crippen LogP contribution is -2.44. The molecular weight excluding hydrogens is 333 g/mol. The van der Waals surface area contributed by atoms with Crippen LogP contribution >= 0.6 is 0 Å². The summed E-state index contributed by atoms with van der Waals surface area (Å²) >= 11 is 0. The van der Waals surface area contributed by atoms with Crippen LogP contribution in [0.5, 0.6) is 6.01 Å². The first kappa shape index (κ1) is 16.8. The molecular formula is C16H18FN3O3S. The third kappa shape index (κ3) is 3.70. The summed E-state index contributed by atoms with van der Waals surface area (Å²) in [6, 6.07) is 6.82. The minimum absolute atomic E-state index is 0.0518. The molecule has 1 fully saturated rings. The molecule has 2 aromatic rings. The van der Waals surface area contributed by atoms with Crippen LogP contribution in [0.2, 0.25) is 0 Å². The molecule has 1 atom stereocenters. The van der Waals surface area contributed by atoms with Gasteiger partial charge in [0, 0.05) is 6.54 Å². The van der Waals surface area contributed by atoms with E-state index in [0.29, 0.717) is 19.4 Å². The Morgan fingerprint density at radius 1 is 1.21 bits per heavy atom. The first-order valence-electron chi connectivity index (χ1n) is 7.66. The Morgan fingerprint density at radius 2 is 1.88 bits per heavy atom. The van der Waals surface area contributed by atoms with E-state index in [2.05, 4.69) is 9.97 Å². The molecule has 1 aromatic heterocycles. The number of hydrogen-bond acceptors (Lipinski definition) is 5. The van der Waals surface area contributed by atoms with Gasteiger partial charge < -0.3 is 4.74 Å². The SMILES string of the molecule is Cc1ccc(S(=O)(=O)N2CCCC(Oc3ncc(F)cn3)C2)cc1. The highest BCUT2D eigenvalue weighted by Gasteiger charge is 2.31. The monoisotopic (exact) mass is 351 g/mol. The van der Waals surface area contributed by atoms with Crippen LogP contribution in [0.3, 0.4) is 0 Å². The molecule has 2 heterocycles. The Labute approximate surface area is 140 Å². The molecule has 1 aromatic carbocycles. The fraction of sp³-hybridized carbons (Fsp3) is 0.375. The Morgan fingerprint density at radius 3 is 2.54 bits per heavy atom. The van der Waals surface area contributed by atoms with Crippen molar-refractivity contribution in [2.45, 2.75) is 30.8 Å². The normalized spacial score (nSPS) is 19.2. The summed E-state index contributed by atoms with van der Waals surface area (Å²) in [5.74, 6) is -0.547. The van der Waals surface area contributed by atoms with Crippen molar-refractivity contribution in [1.82, 2.24) is 14.3 Å². The Balaban J connectivity index is 1.72. The maximum absolute atomic E-state index is 12.8. The van der Waals surface area contributed by atoms with Gasteiger partial charge in [-0.2, -0.15) is 4.31 Å². The van der Waals surface area contributed by atoms with Crippen molar-refractivity contribution >= 4 is 10.0 Å². The van der Waals surface area contributed by atoms with Gasteiger partial charge in [0.15, 0.2) is 5.82 Å². The molecule has 8 heteroatoms. The van der Waals surface area contributed by atoms with Crippen LogP contribution in [-0.2, 0) is 10.0 Å². The van der Waals surface area contributed by atoms with E-state index in [0.717, 1.165) is 18.0 Å².